The number of hydrogen-bond acceptors (Lipinski definition) is 4. The second-order valence-electron chi connectivity index (χ2n) is 6.07. The molecule has 2 N–H and O–H groups in total. The van der Waals surface area contributed by atoms with E-state index in [-0.39, 0.29) is 21.8 Å². The number of anilines is 1. The van der Waals surface area contributed by atoms with Gasteiger partial charge >= 0.3 is 5.97 Å². The Morgan fingerprint density at radius 2 is 1.82 bits per heavy atom. The van der Waals surface area contributed by atoms with E-state index in [1.165, 1.54) is 12.7 Å². The molecule has 1 heterocycles. The fourth-order valence-electron chi connectivity index (χ4n) is 2.13. The van der Waals surface area contributed by atoms with Crippen molar-refractivity contribution in [3.63, 3.8) is 0 Å². The first-order valence-electron chi connectivity index (χ1n) is 6.89. The lowest BCUT2D eigenvalue weighted by molar-refractivity contribution is 0.0602. The van der Waals surface area contributed by atoms with Crippen LogP contribution in [0.2, 0.25) is 5.02 Å². The summed E-state index contributed by atoms with van der Waals surface area (Å²) in [6.45, 7) is 6.46. The van der Waals surface area contributed by atoms with Crippen LogP contribution in [-0.4, -0.2) is 18.1 Å². The zero-order chi connectivity index (χ0) is 16.5. The maximum Gasteiger partial charge on any atom is 0.343 e. The summed E-state index contributed by atoms with van der Waals surface area (Å²) in [4.78, 5) is 15.9. The molecule has 1 aromatic carbocycles. The van der Waals surface area contributed by atoms with E-state index in [0.29, 0.717) is 5.69 Å². The SMILES string of the molecule is COC(=O)c1c(Cl)cc(-c2ccc(C(C)(C)C)cc2)nc1N. The van der Waals surface area contributed by atoms with Gasteiger partial charge in [0.05, 0.1) is 17.8 Å². The van der Waals surface area contributed by atoms with Gasteiger partial charge in [-0.3, -0.25) is 0 Å². The number of nitrogens with two attached hydrogens (primary N) is 1. The zero-order valence-corrected chi connectivity index (χ0v) is 13.9. The van der Waals surface area contributed by atoms with Crippen LogP contribution >= 0.6 is 11.6 Å². The first-order chi connectivity index (χ1) is 10.2. The molecule has 116 valence electrons. The molecular weight excluding hydrogens is 300 g/mol. The lowest BCUT2D eigenvalue weighted by Gasteiger charge is -2.19. The molecule has 5 heteroatoms. The molecule has 2 rings (SSSR count). The van der Waals surface area contributed by atoms with Crippen LogP contribution in [0.5, 0.6) is 0 Å². The van der Waals surface area contributed by atoms with E-state index in [4.69, 9.17) is 17.3 Å². The highest BCUT2D eigenvalue weighted by Gasteiger charge is 2.18. The summed E-state index contributed by atoms with van der Waals surface area (Å²) in [5.74, 6) is -0.529. The molecule has 2 aromatic rings. The smallest absolute Gasteiger partial charge is 0.343 e. The van der Waals surface area contributed by atoms with Gasteiger partial charge in [-0.1, -0.05) is 56.6 Å². The molecule has 0 radical (unpaired) electrons. The normalized spacial score (nSPS) is 11.3. The number of carbonyl (C=O) groups excluding carboxylic acids is 1. The lowest BCUT2D eigenvalue weighted by atomic mass is 9.86. The van der Waals surface area contributed by atoms with E-state index in [2.05, 4.69) is 42.6 Å². The van der Waals surface area contributed by atoms with E-state index in [0.717, 1.165) is 5.56 Å². The third-order valence-corrected chi connectivity index (χ3v) is 3.73. The Labute approximate surface area is 135 Å². The third kappa shape index (κ3) is 3.22. The van der Waals surface area contributed by atoms with Crippen molar-refractivity contribution in [2.75, 3.05) is 12.8 Å². The fraction of sp³-hybridized carbons (Fsp3) is 0.294. The zero-order valence-electron chi connectivity index (χ0n) is 13.1. The van der Waals surface area contributed by atoms with Crippen LogP contribution in [0.4, 0.5) is 5.82 Å². The number of hydrogen-bond donors (Lipinski definition) is 1. The number of esters is 1. The molecule has 0 amide bonds. The molecule has 0 aliphatic rings. The van der Waals surface area contributed by atoms with E-state index < -0.39 is 5.97 Å². The number of benzene rings is 1. The summed E-state index contributed by atoms with van der Waals surface area (Å²) in [5.41, 5.74) is 8.75. The predicted octanol–water partition coefficient (Wildman–Crippen LogP) is 4.07. The van der Waals surface area contributed by atoms with Crippen molar-refractivity contribution in [1.29, 1.82) is 0 Å². The van der Waals surface area contributed by atoms with Gasteiger partial charge in [0.1, 0.15) is 11.4 Å². The van der Waals surface area contributed by atoms with Gasteiger partial charge in [-0.25, -0.2) is 9.78 Å². The largest absolute Gasteiger partial charge is 0.465 e. The van der Waals surface area contributed by atoms with Gasteiger partial charge in [0, 0.05) is 5.56 Å². The van der Waals surface area contributed by atoms with E-state index >= 15 is 0 Å². The van der Waals surface area contributed by atoms with Crippen molar-refractivity contribution in [1.82, 2.24) is 4.98 Å². The first-order valence-corrected chi connectivity index (χ1v) is 7.27. The fourth-order valence-corrected chi connectivity index (χ4v) is 2.40. The summed E-state index contributed by atoms with van der Waals surface area (Å²) < 4.78 is 4.65. The second kappa shape index (κ2) is 5.97. The maximum absolute atomic E-state index is 11.6. The van der Waals surface area contributed by atoms with Crippen LogP contribution in [0.15, 0.2) is 30.3 Å². The summed E-state index contributed by atoms with van der Waals surface area (Å²) in [5, 5.41) is 0.231. The highest BCUT2D eigenvalue weighted by atomic mass is 35.5. The van der Waals surface area contributed by atoms with E-state index in [1.54, 1.807) is 6.07 Å². The summed E-state index contributed by atoms with van der Waals surface area (Å²) in [6.07, 6.45) is 0. The Morgan fingerprint density at radius 3 is 2.27 bits per heavy atom. The lowest BCUT2D eigenvalue weighted by Crippen LogP contribution is -2.10. The third-order valence-electron chi connectivity index (χ3n) is 3.44. The summed E-state index contributed by atoms with van der Waals surface area (Å²) in [7, 11) is 1.28. The summed E-state index contributed by atoms with van der Waals surface area (Å²) >= 11 is 6.14. The summed E-state index contributed by atoms with van der Waals surface area (Å²) in [6, 6.07) is 9.66. The Balaban J connectivity index is 2.44. The minimum absolute atomic E-state index is 0.0641. The monoisotopic (exact) mass is 318 g/mol. The minimum atomic E-state index is -0.593. The van der Waals surface area contributed by atoms with Crippen LogP contribution < -0.4 is 5.73 Å². The molecule has 0 aliphatic carbocycles. The molecule has 0 bridgehead atoms. The maximum atomic E-state index is 11.6. The van der Waals surface area contributed by atoms with Crippen molar-refractivity contribution >= 4 is 23.4 Å². The Bertz CT molecular complexity index is 681. The Hall–Kier alpha value is -2.07. The van der Waals surface area contributed by atoms with Crippen molar-refractivity contribution < 1.29 is 9.53 Å². The Morgan fingerprint density at radius 1 is 1.23 bits per heavy atom. The second-order valence-corrected chi connectivity index (χ2v) is 6.48. The van der Waals surface area contributed by atoms with Gasteiger partial charge in [0.15, 0.2) is 0 Å². The quantitative estimate of drug-likeness (QED) is 0.848. The molecule has 0 atom stereocenters. The van der Waals surface area contributed by atoms with Gasteiger partial charge in [-0.15, -0.1) is 0 Å². The molecule has 0 saturated carbocycles. The number of carbonyl (C=O) groups is 1. The van der Waals surface area contributed by atoms with Gasteiger partial charge in [-0.05, 0) is 17.0 Å². The topological polar surface area (TPSA) is 65.2 Å². The average molecular weight is 319 g/mol. The van der Waals surface area contributed by atoms with Crippen LogP contribution in [-0.2, 0) is 10.2 Å². The number of methoxy groups -OCH3 is 1. The van der Waals surface area contributed by atoms with Crippen LogP contribution in [0, 0.1) is 0 Å². The molecule has 0 unspecified atom stereocenters. The highest BCUT2D eigenvalue weighted by Crippen LogP contribution is 2.30. The molecule has 0 spiro atoms. The molecule has 0 aliphatic heterocycles. The van der Waals surface area contributed by atoms with Gasteiger partial charge < -0.3 is 10.5 Å². The van der Waals surface area contributed by atoms with E-state index in [9.17, 15) is 4.79 Å². The number of nitrogens with zero attached hydrogens (tertiary/aromatic N) is 1. The van der Waals surface area contributed by atoms with Crippen molar-refractivity contribution in [2.45, 2.75) is 26.2 Å². The Kier molecular flexibility index (Phi) is 4.42. The van der Waals surface area contributed by atoms with Crippen LogP contribution in [0.1, 0.15) is 36.7 Å². The molecular formula is C17H19ClN2O2. The molecule has 0 saturated heterocycles. The van der Waals surface area contributed by atoms with Crippen molar-refractivity contribution in [3.05, 3.63) is 46.5 Å². The first kappa shape index (κ1) is 16.3. The number of nitrogen functional groups attached to an aromatic ring is 1. The number of aromatic nitrogens is 1. The standard InChI is InChI=1S/C17H19ClN2O2/c1-17(2,3)11-7-5-10(6-8-11)13-9-12(18)14(15(19)20-13)16(21)22-4/h5-9H,1-4H3,(H2,19,20). The number of halogens is 1. The van der Waals surface area contributed by atoms with Gasteiger partial charge in [-0.2, -0.15) is 0 Å². The van der Waals surface area contributed by atoms with Gasteiger partial charge in [0.2, 0.25) is 0 Å². The van der Waals surface area contributed by atoms with Crippen molar-refractivity contribution in [3.8, 4) is 11.3 Å². The van der Waals surface area contributed by atoms with Crippen LogP contribution in [0.25, 0.3) is 11.3 Å². The number of ether oxygens (including phenoxy) is 1. The van der Waals surface area contributed by atoms with Crippen molar-refractivity contribution in [2.24, 2.45) is 0 Å². The predicted molar refractivity (Wildman–Crippen MR) is 89.1 cm³/mol. The molecule has 4 nitrogen and oxygen atoms in total. The molecule has 0 fully saturated rings. The minimum Gasteiger partial charge on any atom is -0.465 e. The molecule has 22 heavy (non-hydrogen) atoms. The highest BCUT2D eigenvalue weighted by molar-refractivity contribution is 6.34. The molecule has 1 aromatic heterocycles. The van der Waals surface area contributed by atoms with E-state index in [1.807, 2.05) is 12.1 Å². The number of rotatable bonds is 2. The van der Waals surface area contributed by atoms with Gasteiger partial charge in [0.25, 0.3) is 0 Å². The average Bonchev–Trinajstić information content (AvgIpc) is 2.45. The number of pyridine rings is 1. The van der Waals surface area contributed by atoms with Crippen LogP contribution in [0.3, 0.4) is 0 Å².